The van der Waals surface area contributed by atoms with E-state index in [0.717, 1.165) is 13.1 Å². The van der Waals surface area contributed by atoms with E-state index >= 15 is 0 Å². The molecule has 2 aromatic carbocycles. The number of aromatic nitrogens is 2. The van der Waals surface area contributed by atoms with E-state index < -0.39 is 0 Å². The van der Waals surface area contributed by atoms with Crippen LogP contribution in [0.2, 0.25) is 0 Å². The third kappa shape index (κ3) is 2.08. The average Bonchev–Trinajstić information content (AvgIpc) is 3.12. The summed E-state index contributed by atoms with van der Waals surface area (Å²) in [5.74, 6) is 1.25. The van der Waals surface area contributed by atoms with Crippen LogP contribution < -0.4 is 9.88 Å². The zero-order valence-electron chi connectivity index (χ0n) is 13.0. The fraction of sp³-hybridized carbons (Fsp3) is 0.316. The van der Waals surface area contributed by atoms with Crippen LogP contribution in [0.25, 0.3) is 11.0 Å². The molecular formula is C19H22N3+. The second-order valence-electron chi connectivity index (χ2n) is 6.04. The number of hydrogen-bond acceptors (Lipinski definition) is 1. The van der Waals surface area contributed by atoms with Gasteiger partial charge in [-0.1, -0.05) is 55.8 Å². The van der Waals surface area contributed by atoms with Gasteiger partial charge in [-0.3, -0.25) is 5.32 Å². The molecule has 0 radical (unpaired) electrons. The molecule has 2 heterocycles. The number of anilines is 1. The Labute approximate surface area is 131 Å². The lowest BCUT2D eigenvalue weighted by molar-refractivity contribution is -0.648. The molecule has 3 heteroatoms. The largest absolute Gasteiger partial charge is 0.359 e. The third-order valence-corrected chi connectivity index (χ3v) is 4.58. The Bertz CT molecular complexity index is 789. The van der Waals surface area contributed by atoms with Gasteiger partial charge in [-0.2, -0.15) is 0 Å². The second-order valence-corrected chi connectivity index (χ2v) is 6.04. The zero-order chi connectivity index (χ0) is 14.9. The molecule has 3 aromatic rings. The molecule has 22 heavy (non-hydrogen) atoms. The lowest BCUT2D eigenvalue weighted by Gasteiger charge is -2.08. The van der Waals surface area contributed by atoms with Crippen molar-refractivity contribution in [2.45, 2.75) is 38.9 Å². The lowest BCUT2D eigenvalue weighted by atomic mass is 10.1. The van der Waals surface area contributed by atoms with E-state index in [4.69, 9.17) is 0 Å². The van der Waals surface area contributed by atoms with Crippen LogP contribution >= 0.6 is 0 Å². The van der Waals surface area contributed by atoms with E-state index in [0.29, 0.717) is 6.04 Å². The first-order valence-corrected chi connectivity index (χ1v) is 8.21. The first kappa shape index (κ1) is 13.4. The van der Waals surface area contributed by atoms with Gasteiger partial charge in [0.05, 0.1) is 6.54 Å². The number of aryl methyl sites for hydroxylation is 1. The molecule has 0 saturated carbocycles. The molecule has 1 N–H and O–H groups in total. The minimum Gasteiger partial charge on any atom is -0.267 e. The maximum atomic E-state index is 3.74. The number of benzene rings is 2. The summed E-state index contributed by atoms with van der Waals surface area (Å²) in [5.41, 5.74) is 4.03. The average molecular weight is 292 g/mol. The molecule has 4 rings (SSSR count). The molecule has 0 bridgehead atoms. The van der Waals surface area contributed by atoms with Crippen molar-refractivity contribution in [2.75, 3.05) is 5.32 Å². The minimum atomic E-state index is 0.369. The van der Waals surface area contributed by atoms with Crippen LogP contribution in [0.15, 0.2) is 54.6 Å². The van der Waals surface area contributed by atoms with Crippen molar-refractivity contribution >= 4 is 17.0 Å². The monoisotopic (exact) mass is 292 g/mol. The number of para-hydroxylation sites is 2. The summed E-state index contributed by atoms with van der Waals surface area (Å²) in [5, 5.41) is 3.74. The maximum Gasteiger partial charge on any atom is 0.359 e. The van der Waals surface area contributed by atoms with Gasteiger partial charge >= 0.3 is 5.95 Å². The molecule has 1 aliphatic heterocycles. The van der Waals surface area contributed by atoms with Gasteiger partial charge in [-0.05, 0) is 24.1 Å². The van der Waals surface area contributed by atoms with E-state index in [1.165, 1.54) is 35.4 Å². The van der Waals surface area contributed by atoms with Gasteiger partial charge in [0, 0.05) is 0 Å². The number of nitrogens with zero attached hydrogens (tertiary/aromatic N) is 2. The van der Waals surface area contributed by atoms with Gasteiger partial charge in [-0.15, -0.1) is 0 Å². The molecule has 112 valence electrons. The number of nitrogens with one attached hydrogen (secondary N) is 1. The van der Waals surface area contributed by atoms with Crippen LogP contribution in [0.4, 0.5) is 5.95 Å². The minimum absolute atomic E-state index is 0.369. The standard InChI is InChI=1S/C19H21N3/c1-2-3-13-21-17-11-7-8-12-18(17)22-14-16(20-19(21)22)15-9-5-4-6-10-15/h4-12,16H,2-3,13-14H2,1H3/p+1/t16-/m0/s1. The van der Waals surface area contributed by atoms with Crippen LogP contribution in [0.1, 0.15) is 31.4 Å². The van der Waals surface area contributed by atoms with Gasteiger partial charge < -0.3 is 0 Å². The molecule has 0 saturated heterocycles. The molecular weight excluding hydrogens is 270 g/mol. The third-order valence-electron chi connectivity index (χ3n) is 4.58. The predicted molar refractivity (Wildman–Crippen MR) is 89.8 cm³/mol. The van der Waals surface area contributed by atoms with E-state index in [1.807, 2.05) is 0 Å². The highest BCUT2D eigenvalue weighted by Crippen LogP contribution is 2.29. The van der Waals surface area contributed by atoms with Crippen LogP contribution in [0.3, 0.4) is 0 Å². The van der Waals surface area contributed by atoms with Crippen molar-refractivity contribution < 1.29 is 4.57 Å². The Morgan fingerprint density at radius 3 is 2.68 bits per heavy atom. The Balaban J connectivity index is 1.76. The highest BCUT2D eigenvalue weighted by Gasteiger charge is 2.34. The fourth-order valence-corrected chi connectivity index (χ4v) is 3.44. The number of unbranched alkanes of at least 4 members (excludes halogenated alkanes) is 1. The molecule has 0 aliphatic carbocycles. The predicted octanol–water partition coefficient (Wildman–Crippen LogP) is 3.90. The Kier molecular flexibility index (Phi) is 3.34. The van der Waals surface area contributed by atoms with Gasteiger partial charge in [-0.25, -0.2) is 9.13 Å². The molecule has 0 amide bonds. The van der Waals surface area contributed by atoms with E-state index in [9.17, 15) is 0 Å². The summed E-state index contributed by atoms with van der Waals surface area (Å²) in [6.07, 6.45) is 2.43. The zero-order valence-corrected chi connectivity index (χ0v) is 13.0. The van der Waals surface area contributed by atoms with Crippen LogP contribution in [-0.2, 0) is 13.1 Å². The summed E-state index contributed by atoms with van der Waals surface area (Å²) in [4.78, 5) is 0. The summed E-state index contributed by atoms with van der Waals surface area (Å²) >= 11 is 0. The summed E-state index contributed by atoms with van der Waals surface area (Å²) < 4.78 is 4.88. The van der Waals surface area contributed by atoms with Gasteiger partial charge in [0.25, 0.3) is 0 Å². The summed E-state index contributed by atoms with van der Waals surface area (Å²) in [7, 11) is 0. The highest BCUT2D eigenvalue weighted by atomic mass is 15.3. The molecule has 0 unspecified atom stereocenters. The Hall–Kier alpha value is -2.29. The van der Waals surface area contributed by atoms with Crippen LogP contribution in [0, 0.1) is 0 Å². The maximum absolute atomic E-state index is 3.74. The van der Waals surface area contributed by atoms with Crippen molar-refractivity contribution in [3.8, 4) is 0 Å². The van der Waals surface area contributed by atoms with E-state index in [-0.39, 0.29) is 0 Å². The van der Waals surface area contributed by atoms with Crippen molar-refractivity contribution in [1.82, 2.24) is 4.57 Å². The highest BCUT2D eigenvalue weighted by molar-refractivity contribution is 5.74. The quantitative estimate of drug-likeness (QED) is 0.723. The van der Waals surface area contributed by atoms with Gasteiger partial charge in [0.15, 0.2) is 0 Å². The number of rotatable bonds is 4. The number of fused-ring (bicyclic) bond motifs is 3. The molecule has 1 aliphatic rings. The van der Waals surface area contributed by atoms with Crippen molar-refractivity contribution in [2.24, 2.45) is 0 Å². The number of hydrogen-bond donors (Lipinski definition) is 1. The van der Waals surface area contributed by atoms with E-state index in [1.54, 1.807) is 0 Å². The van der Waals surface area contributed by atoms with Crippen molar-refractivity contribution in [3.63, 3.8) is 0 Å². The lowest BCUT2D eigenvalue weighted by Crippen LogP contribution is -2.30. The van der Waals surface area contributed by atoms with E-state index in [2.05, 4.69) is 76.0 Å². The fourth-order valence-electron chi connectivity index (χ4n) is 3.44. The SMILES string of the molecule is CCCCn1c2[n+](c3ccccc31)C[C@@H](c1ccccc1)N2. The molecule has 1 aromatic heterocycles. The Morgan fingerprint density at radius 1 is 1.09 bits per heavy atom. The molecule has 0 fully saturated rings. The first-order valence-electron chi connectivity index (χ1n) is 8.21. The van der Waals surface area contributed by atoms with Crippen LogP contribution in [-0.4, -0.2) is 4.57 Å². The van der Waals surface area contributed by atoms with Crippen molar-refractivity contribution in [1.29, 1.82) is 0 Å². The Morgan fingerprint density at radius 2 is 1.86 bits per heavy atom. The smallest absolute Gasteiger partial charge is 0.267 e. The second kappa shape index (κ2) is 5.48. The van der Waals surface area contributed by atoms with Crippen molar-refractivity contribution in [3.05, 3.63) is 60.2 Å². The summed E-state index contributed by atoms with van der Waals surface area (Å²) in [6.45, 7) is 4.33. The summed E-state index contributed by atoms with van der Waals surface area (Å²) in [6, 6.07) is 19.8. The molecule has 0 spiro atoms. The normalized spacial score (nSPS) is 16.7. The topological polar surface area (TPSA) is 20.8 Å². The number of imidazole rings is 1. The molecule has 1 atom stereocenters. The van der Waals surface area contributed by atoms with Gasteiger partial charge in [0.2, 0.25) is 0 Å². The van der Waals surface area contributed by atoms with Crippen LogP contribution in [0.5, 0.6) is 0 Å². The van der Waals surface area contributed by atoms with Gasteiger partial charge in [0.1, 0.15) is 23.6 Å². The molecule has 3 nitrogen and oxygen atoms in total. The first-order chi connectivity index (χ1) is 10.9.